The molecular weight excluding hydrogens is 716 g/mol. The predicted molar refractivity (Wildman–Crippen MR) is 209 cm³/mol. The van der Waals surface area contributed by atoms with Gasteiger partial charge in [0.05, 0.1) is 12.1 Å². The molecule has 56 heavy (non-hydrogen) atoms. The topological polar surface area (TPSA) is 167 Å². The van der Waals surface area contributed by atoms with Crippen LogP contribution in [0.2, 0.25) is 0 Å². The minimum atomic E-state index is -1.35. The van der Waals surface area contributed by atoms with Gasteiger partial charge >= 0.3 is 5.91 Å². The monoisotopic (exact) mass is 769 g/mol. The number of amides is 5. The molecule has 0 fully saturated rings. The molecule has 2 aromatic carbocycles. The molecule has 298 valence electrons. The van der Waals surface area contributed by atoms with Gasteiger partial charge in [0.25, 0.3) is 5.91 Å². The molecule has 1 aliphatic heterocycles. The first-order chi connectivity index (χ1) is 26.7. The highest BCUT2D eigenvalue weighted by molar-refractivity contribution is 6.09. The lowest BCUT2D eigenvalue weighted by atomic mass is 9.99. The highest BCUT2D eigenvalue weighted by Gasteiger charge is 2.40. The Hall–Kier alpha value is -5.79. The van der Waals surface area contributed by atoms with Gasteiger partial charge in [0.1, 0.15) is 41.1 Å². The Balaban J connectivity index is 1.60. The van der Waals surface area contributed by atoms with Gasteiger partial charge in [0.15, 0.2) is 24.3 Å². The normalized spacial score (nSPS) is 21.3. The summed E-state index contributed by atoms with van der Waals surface area (Å²) in [5.74, 6) is -1.37. The summed E-state index contributed by atoms with van der Waals surface area (Å²) < 4.78 is 19.3. The van der Waals surface area contributed by atoms with Crippen molar-refractivity contribution in [2.75, 3.05) is 27.2 Å². The molecule has 4 aromatic rings. The third kappa shape index (κ3) is 9.71. The number of fused-ring (bicyclic) bond motifs is 3. The Morgan fingerprint density at radius 1 is 1.05 bits per heavy atom. The minimum Gasteiger partial charge on any atom is -0.486 e. The number of nitrogens with one attached hydrogen (secondary N) is 2. The highest BCUT2D eigenvalue weighted by Crippen LogP contribution is 2.31. The zero-order valence-electron chi connectivity index (χ0n) is 33.5. The molecule has 0 unspecified atom stereocenters. The molecule has 14 nitrogen and oxygen atoms in total. The van der Waals surface area contributed by atoms with E-state index in [2.05, 4.69) is 15.8 Å². The van der Waals surface area contributed by atoms with Crippen molar-refractivity contribution in [3.63, 3.8) is 0 Å². The van der Waals surface area contributed by atoms with Crippen LogP contribution in [-0.2, 0) is 32.0 Å². The summed E-state index contributed by atoms with van der Waals surface area (Å²) in [5, 5.41) is 10.1. The summed E-state index contributed by atoms with van der Waals surface area (Å²) >= 11 is 0. The van der Waals surface area contributed by atoms with Crippen LogP contribution in [0.25, 0.3) is 11.0 Å². The quantitative estimate of drug-likeness (QED) is 0.249. The molecule has 0 spiro atoms. The van der Waals surface area contributed by atoms with Crippen LogP contribution in [0.5, 0.6) is 5.75 Å². The molecule has 5 rings (SSSR count). The molecule has 0 bridgehead atoms. The van der Waals surface area contributed by atoms with Crippen LogP contribution < -0.4 is 15.4 Å². The SMILES string of the molecule is C/C=[N+]1/C(=O)[C@H](C)N(C)C(=O)[C@H](CC(C)C)N(C)C(=O)C[C@@H](C(=O)NCCc2cc(C)no2)NC(=O)c2c(ccc3cc(C)oc23)OC[C@H]1Cc1ccccc1. The van der Waals surface area contributed by atoms with Crippen LogP contribution in [0.15, 0.2) is 63.5 Å². The maximum atomic E-state index is 14.5. The molecule has 1 aliphatic rings. The fourth-order valence-corrected chi connectivity index (χ4v) is 6.95. The van der Waals surface area contributed by atoms with Crippen molar-refractivity contribution in [3.8, 4) is 5.75 Å². The van der Waals surface area contributed by atoms with Crippen LogP contribution in [0.1, 0.15) is 73.7 Å². The van der Waals surface area contributed by atoms with Gasteiger partial charge in [-0.2, -0.15) is 4.58 Å². The molecule has 14 heteroatoms. The number of hydrogen-bond donors (Lipinski definition) is 2. The summed E-state index contributed by atoms with van der Waals surface area (Å²) in [7, 11) is 3.06. The lowest BCUT2D eigenvalue weighted by Crippen LogP contribution is -2.56. The maximum Gasteiger partial charge on any atom is 0.409 e. The van der Waals surface area contributed by atoms with Gasteiger partial charge in [-0.3, -0.25) is 19.2 Å². The van der Waals surface area contributed by atoms with Crippen LogP contribution in [-0.4, -0.2) is 107 Å². The molecule has 2 aromatic heterocycles. The molecule has 0 saturated heterocycles. The number of benzene rings is 2. The predicted octanol–water partition coefficient (Wildman–Crippen LogP) is 4.24. The van der Waals surface area contributed by atoms with Gasteiger partial charge in [-0.15, -0.1) is 0 Å². The van der Waals surface area contributed by atoms with Crippen LogP contribution in [0.3, 0.4) is 0 Å². The van der Waals surface area contributed by atoms with E-state index in [9.17, 15) is 24.0 Å². The summed E-state index contributed by atoms with van der Waals surface area (Å²) in [4.78, 5) is 73.8. The second-order valence-corrected chi connectivity index (χ2v) is 14.9. The summed E-state index contributed by atoms with van der Waals surface area (Å²) in [5.41, 5.74) is 1.92. The van der Waals surface area contributed by atoms with Crippen LogP contribution >= 0.6 is 0 Å². The summed E-state index contributed by atoms with van der Waals surface area (Å²) in [6, 6.07) is 12.8. The van der Waals surface area contributed by atoms with Crippen molar-refractivity contribution >= 4 is 46.7 Å². The number of rotatable bonds is 8. The second kappa shape index (κ2) is 18.2. The van der Waals surface area contributed by atoms with E-state index in [1.54, 1.807) is 69.8 Å². The Morgan fingerprint density at radius 2 is 1.79 bits per heavy atom. The van der Waals surface area contributed by atoms with Crippen molar-refractivity contribution < 1.29 is 42.2 Å². The number of aryl methyl sites for hydroxylation is 2. The Morgan fingerprint density at radius 3 is 2.45 bits per heavy atom. The molecule has 4 atom stereocenters. The standard InChI is InChI=1S/C42H52N6O8/c1-9-48-31(22-29-13-11-10-12-14-29)24-54-35-16-15-30-21-27(5)55-38(30)37(35)40(51)44-33(39(50)43-18-17-32-20-26(4)45-56-32)23-36(49)47(8)34(19-25(2)3)42(53)46(7)28(6)41(48)52/h9-16,20-21,25,28,31,33-34H,17-19,22-24H2,1-8H3,(H-,43,44,50,51)/p+1/b48-9+/t28-,31+,33-,34-/m0/s1. The van der Waals surface area contributed by atoms with E-state index in [-0.39, 0.29) is 41.9 Å². The van der Waals surface area contributed by atoms with E-state index < -0.39 is 54.2 Å². The fourth-order valence-electron chi connectivity index (χ4n) is 6.95. The second-order valence-electron chi connectivity index (χ2n) is 14.9. The molecule has 3 heterocycles. The largest absolute Gasteiger partial charge is 0.486 e. The Labute approximate surface area is 327 Å². The zero-order chi connectivity index (χ0) is 40.7. The van der Waals surface area contributed by atoms with Crippen molar-refractivity contribution in [1.29, 1.82) is 0 Å². The van der Waals surface area contributed by atoms with E-state index in [1.165, 1.54) is 16.8 Å². The van der Waals surface area contributed by atoms with E-state index in [0.29, 0.717) is 41.9 Å². The van der Waals surface area contributed by atoms with Crippen molar-refractivity contribution in [3.05, 3.63) is 82.9 Å². The average Bonchev–Trinajstić information content (AvgIpc) is 3.77. The van der Waals surface area contributed by atoms with Crippen molar-refractivity contribution in [2.24, 2.45) is 5.92 Å². The number of carbonyl (C=O) groups is 5. The van der Waals surface area contributed by atoms with Gasteiger partial charge in [0.2, 0.25) is 17.7 Å². The molecule has 2 N–H and O–H groups in total. The van der Waals surface area contributed by atoms with Crippen LogP contribution in [0, 0.1) is 19.8 Å². The van der Waals surface area contributed by atoms with E-state index in [4.69, 9.17) is 13.7 Å². The Kier molecular flexibility index (Phi) is 13.5. The maximum absolute atomic E-state index is 14.5. The number of furan rings is 1. The number of hydrogen-bond acceptors (Lipinski definition) is 9. The highest BCUT2D eigenvalue weighted by atomic mass is 16.5. The summed E-state index contributed by atoms with van der Waals surface area (Å²) in [6.07, 6.45) is 2.23. The van der Waals surface area contributed by atoms with Crippen molar-refractivity contribution in [1.82, 2.24) is 25.6 Å². The average molecular weight is 770 g/mol. The number of carbonyl (C=O) groups excluding carboxylic acids is 5. The lowest BCUT2D eigenvalue weighted by molar-refractivity contribution is -0.489. The molecule has 5 amide bonds. The first-order valence-electron chi connectivity index (χ1n) is 19.0. The molecule has 0 saturated carbocycles. The van der Waals surface area contributed by atoms with E-state index in [1.807, 2.05) is 44.2 Å². The summed E-state index contributed by atoms with van der Waals surface area (Å²) in [6.45, 7) is 10.9. The number of nitrogens with zero attached hydrogens (tertiary/aromatic N) is 4. The van der Waals surface area contributed by atoms with Crippen molar-refractivity contribution in [2.45, 2.75) is 91.4 Å². The molecular formula is C42H53N6O8+. The smallest absolute Gasteiger partial charge is 0.409 e. The van der Waals surface area contributed by atoms with Gasteiger partial charge < -0.3 is 34.1 Å². The van der Waals surface area contributed by atoms with Gasteiger partial charge in [-0.25, -0.2) is 4.79 Å². The number of aromatic nitrogens is 1. The van der Waals surface area contributed by atoms with Crippen LogP contribution in [0.4, 0.5) is 0 Å². The zero-order valence-corrected chi connectivity index (χ0v) is 33.5. The number of ether oxygens (including phenoxy) is 1. The number of likely N-dealkylation sites (N-methyl/N-ethyl adjacent to an activating group) is 2. The molecule has 0 aliphatic carbocycles. The van der Waals surface area contributed by atoms with Gasteiger partial charge in [0, 0.05) is 51.9 Å². The first kappa shape index (κ1) is 41.4. The fraction of sp³-hybridized carbons (Fsp3) is 0.452. The van der Waals surface area contributed by atoms with Gasteiger partial charge in [-0.05, 0) is 56.9 Å². The van der Waals surface area contributed by atoms with E-state index in [0.717, 1.165) is 5.56 Å². The third-order valence-electron chi connectivity index (χ3n) is 10.1. The lowest BCUT2D eigenvalue weighted by Gasteiger charge is -2.34. The third-order valence-corrected chi connectivity index (χ3v) is 10.1. The van der Waals surface area contributed by atoms with E-state index >= 15 is 0 Å². The minimum absolute atomic E-state index is 0.00483. The first-order valence-corrected chi connectivity index (χ1v) is 19.0. The Bertz CT molecular complexity index is 2090. The van der Waals surface area contributed by atoms with Gasteiger partial charge in [-0.1, -0.05) is 49.3 Å². The molecule has 0 radical (unpaired) electrons.